The molecule has 0 fully saturated rings. The van der Waals surface area contributed by atoms with Crippen molar-refractivity contribution in [3.8, 4) is 0 Å². The molecule has 2 N–H and O–H groups in total. The molecule has 41 valence electrons. The van der Waals surface area contributed by atoms with E-state index in [4.69, 9.17) is 17.4 Å². The maximum Gasteiger partial charge on any atom is 0.565 e. The van der Waals surface area contributed by atoms with E-state index in [0.717, 1.165) is 11.9 Å². The standard InChI is InChI=1S/C3H8N2S2/c1-5(2)3(6)7-4/h4H2,1-2H3/q+1. The maximum atomic E-state index is 5.11. The minimum absolute atomic E-state index is 0.708. The van der Waals surface area contributed by atoms with Crippen molar-refractivity contribution in [2.75, 3.05) is 14.1 Å². The summed E-state index contributed by atoms with van der Waals surface area (Å²) in [5.41, 5.74) is 0. The molecule has 0 aromatic carbocycles. The molecule has 0 aliphatic heterocycles. The van der Waals surface area contributed by atoms with Crippen molar-refractivity contribution in [3.63, 3.8) is 0 Å². The number of hydrogen-bond acceptors (Lipinski definition) is 3. The molecule has 1 radical (unpaired) electrons. The molecular weight excluding hydrogens is 128 g/mol. The van der Waals surface area contributed by atoms with Crippen LogP contribution >= 0.6 is 11.9 Å². The van der Waals surface area contributed by atoms with Crippen LogP contribution in [0.2, 0.25) is 0 Å². The predicted molar refractivity (Wildman–Crippen MR) is 37.8 cm³/mol. The third kappa shape index (κ3) is 2.85. The Kier molecular flexibility index (Phi) is 3.33. The fourth-order valence-corrected chi connectivity index (χ4v) is 0.316. The zero-order valence-corrected chi connectivity index (χ0v) is 5.97. The summed E-state index contributed by atoms with van der Waals surface area (Å²) in [6.07, 6.45) is 0. The Morgan fingerprint density at radius 2 is 2.14 bits per heavy atom. The zero-order valence-electron chi connectivity index (χ0n) is 4.34. The van der Waals surface area contributed by atoms with E-state index < -0.39 is 0 Å². The van der Waals surface area contributed by atoms with E-state index in [-0.39, 0.29) is 0 Å². The van der Waals surface area contributed by atoms with Crippen molar-refractivity contribution in [2.24, 2.45) is 5.14 Å². The van der Waals surface area contributed by atoms with Crippen LogP contribution in [0.25, 0.3) is 0 Å². The van der Waals surface area contributed by atoms with Crippen molar-refractivity contribution in [3.05, 3.63) is 0 Å². The van der Waals surface area contributed by atoms with Gasteiger partial charge in [-0.15, -0.1) is 0 Å². The fraction of sp³-hybridized carbons (Fsp3) is 0.667. The molecule has 0 aromatic rings. The predicted octanol–water partition coefficient (Wildman–Crippen LogP) is -0.211. The topological polar surface area (TPSA) is 29.3 Å². The molecule has 0 saturated heterocycles. The second kappa shape index (κ2) is 3.23. The van der Waals surface area contributed by atoms with E-state index in [1.807, 2.05) is 14.1 Å². The minimum atomic E-state index is 0.708. The molecule has 0 aromatic heterocycles. The third-order valence-corrected chi connectivity index (χ3v) is 1.69. The van der Waals surface area contributed by atoms with Crippen LogP contribution in [0, 0.1) is 0 Å². The highest BCUT2D eigenvalue weighted by atomic mass is 32.2. The van der Waals surface area contributed by atoms with Crippen LogP contribution in [0.15, 0.2) is 0 Å². The Morgan fingerprint density at radius 1 is 1.71 bits per heavy atom. The number of thiocarbonyl (C=S) groups is 1. The van der Waals surface area contributed by atoms with Gasteiger partial charge in [-0.25, -0.2) is 0 Å². The SMILES string of the molecule is CN(C)C(=[S+])SN. The lowest BCUT2D eigenvalue weighted by atomic mass is 11.0. The number of rotatable bonds is 0. The Labute approximate surface area is 53.2 Å². The number of nitrogens with zero attached hydrogens (tertiary/aromatic N) is 1. The first-order valence-corrected chi connectivity index (χ1v) is 3.05. The first-order chi connectivity index (χ1) is 3.18. The molecule has 0 heterocycles. The van der Waals surface area contributed by atoms with Crippen LogP contribution in [-0.2, 0) is 12.2 Å². The summed E-state index contributed by atoms with van der Waals surface area (Å²) >= 11 is 5.83. The molecule has 0 aliphatic rings. The second-order valence-corrected chi connectivity index (χ2v) is 2.55. The van der Waals surface area contributed by atoms with E-state index in [0.29, 0.717) is 4.32 Å². The van der Waals surface area contributed by atoms with Gasteiger partial charge in [0.2, 0.25) is 0 Å². The monoisotopic (exact) mass is 136 g/mol. The molecule has 0 rings (SSSR count). The molecule has 0 bridgehead atoms. The van der Waals surface area contributed by atoms with Crippen molar-refractivity contribution in [2.45, 2.75) is 0 Å². The average Bonchev–Trinajstić information content (AvgIpc) is 1.65. The summed E-state index contributed by atoms with van der Waals surface area (Å²) in [5, 5.41) is 5.11. The van der Waals surface area contributed by atoms with Gasteiger partial charge in [-0.05, 0) is 0 Å². The van der Waals surface area contributed by atoms with Crippen LogP contribution < -0.4 is 5.14 Å². The normalized spacial score (nSPS) is 8.43. The van der Waals surface area contributed by atoms with E-state index >= 15 is 0 Å². The highest BCUT2D eigenvalue weighted by molar-refractivity contribution is 8.18. The van der Waals surface area contributed by atoms with Crippen LogP contribution in [0.1, 0.15) is 0 Å². The maximum absolute atomic E-state index is 5.11. The van der Waals surface area contributed by atoms with Crippen LogP contribution in [-0.4, -0.2) is 23.3 Å². The fourth-order valence-electron chi connectivity index (χ4n) is 0.105. The molecule has 0 unspecified atom stereocenters. The second-order valence-electron chi connectivity index (χ2n) is 1.28. The van der Waals surface area contributed by atoms with Crippen molar-refractivity contribution < 1.29 is 0 Å². The molecule has 0 aliphatic carbocycles. The van der Waals surface area contributed by atoms with Gasteiger partial charge in [-0.2, -0.15) is 0 Å². The van der Waals surface area contributed by atoms with Gasteiger partial charge in [0.15, 0.2) is 0 Å². The summed E-state index contributed by atoms with van der Waals surface area (Å²) in [6, 6.07) is 0. The van der Waals surface area contributed by atoms with Gasteiger partial charge in [-0.1, -0.05) is 0 Å². The molecular formula is C3H8N2S2+. The van der Waals surface area contributed by atoms with Gasteiger partial charge in [-0.3, -0.25) is 5.14 Å². The Morgan fingerprint density at radius 3 is 2.14 bits per heavy atom. The smallest absolute Gasteiger partial charge is 0.319 e. The van der Waals surface area contributed by atoms with Crippen molar-refractivity contribution in [1.82, 2.24) is 4.90 Å². The molecule has 0 atom stereocenters. The van der Waals surface area contributed by atoms with Gasteiger partial charge >= 0.3 is 16.5 Å². The highest BCUT2D eigenvalue weighted by Crippen LogP contribution is 1.89. The molecule has 2 nitrogen and oxygen atoms in total. The van der Waals surface area contributed by atoms with Crippen molar-refractivity contribution in [1.29, 1.82) is 0 Å². The van der Waals surface area contributed by atoms with E-state index in [1.165, 1.54) is 0 Å². The zero-order chi connectivity index (χ0) is 5.86. The Hall–Kier alpha value is 0.200. The van der Waals surface area contributed by atoms with Crippen LogP contribution in [0.3, 0.4) is 0 Å². The minimum Gasteiger partial charge on any atom is -0.319 e. The quantitative estimate of drug-likeness (QED) is 0.283. The number of nitrogens with two attached hydrogens (primary N) is 1. The molecule has 7 heavy (non-hydrogen) atoms. The molecule has 0 amide bonds. The Balaban J connectivity index is 3.35. The third-order valence-electron chi connectivity index (χ3n) is 0.466. The van der Waals surface area contributed by atoms with Crippen LogP contribution in [0.4, 0.5) is 0 Å². The summed E-state index contributed by atoms with van der Waals surface area (Å²) in [7, 11) is 3.73. The first kappa shape index (κ1) is 7.20. The average molecular weight is 136 g/mol. The van der Waals surface area contributed by atoms with Gasteiger partial charge < -0.3 is 4.90 Å². The Bertz CT molecular complexity index is 71.3. The van der Waals surface area contributed by atoms with E-state index in [9.17, 15) is 0 Å². The number of hydrogen-bond donors (Lipinski definition) is 1. The molecule has 4 heteroatoms. The van der Waals surface area contributed by atoms with E-state index in [1.54, 1.807) is 4.90 Å². The van der Waals surface area contributed by atoms with Crippen molar-refractivity contribution >= 4 is 28.5 Å². The summed E-state index contributed by atoms with van der Waals surface area (Å²) in [4.78, 5) is 1.79. The van der Waals surface area contributed by atoms with Gasteiger partial charge in [0.25, 0.3) is 0 Å². The van der Waals surface area contributed by atoms with Gasteiger partial charge in [0, 0.05) is 26.0 Å². The first-order valence-electron chi connectivity index (χ1n) is 1.76. The van der Waals surface area contributed by atoms with Crippen LogP contribution in [0.5, 0.6) is 0 Å². The summed E-state index contributed by atoms with van der Waals surface area (Å²) < 4.78 is 0.708. The lowest BCUT2D eigenvalue weighted by Crippen LogP contribution is -2.18. The lowest BCUT2D eigenvalue weighted by molar-refractivity contribution is 0.648. The lowest BCUT2D eigenvalue weighted by Gasteiger charge is -1.98. The largest absolute Gasteiger partial charge is 0.565 e. The molecule has 0 spiro atoms. The highest BCUT2D eigenvalue weighted by Gasteiger charge is 2.08. The molecule has 0 saturated carbocycles. The van der Waals surface area contributed by atoms with Gasteiger partial charge in [0.1, 0.15) is 0 Å². The van der Waals surface area contributed by atoms with E-state index in [2.05, 4.69) is 0 Å². The van der Waals surface area contributed by atoms with Gasteiger partial charge in [0.05, 0.1) is 0 Å². The summed E-state index contributed by atoms with van der Waals surface area (Å²) in [5.74, 6) is 0. The summed E-state index contributed by atoms with van der Waals surface area (Å²) in [6.45, 7) is 0.